The van der Waals surface area contributed by atoms with Crippen LogP contribution in [0.5, 0.6) is 0 Å². The summed E-state index contributed by atoms with van der Waals surface area (Å²) in [4.78, 5) is 17.0. The lowest BCUT2D eigenvalue weighted by atomic mass is 10.2. The van der Waals surface area contributed by atoms with Crippen LogP contribution in [0.3, 0.4) is 0 Å². The van der Waals surface area contributed by atoms with Crippen molar-refractivity contribution in [2.45, 2.75) is 0 Å². The maximum Gasteiger partial charge on any atom is 0.341 e. The first kappa shape index (κ1) is 11.6. The van der Waals surface area contributed by atoms with E-state index >= 15 is 0 Å². The number of pyridine rings is 1. The van der Waals surface area contributed by atoms with Gasteiger partial charge in [0.2, 0.25) is 0 Å². The van der Waals surface area contributed by atoms with Gasteiger partial charge < -0.3 is 10.1 Å². The van der Waals surface area contributed by atoms with Gasteiger partial charge in [0.05, 0.1) is 17.7 Å². The smallest absolute Gasteiger partial charge is 0.341 e. The number of hydrogen-bond donors (Lipinski definition) is 1. The molecule has 1 N–H and O–H groups in total. The van der Waals surface area contributed by atoms with Crippen molar-refractivity contribution in [2.75, 3.05) is 19.5 Å². The van der Waals surface area contributed by atoms with Crippen molar-refractivity contribution in [2.24, 2.45) is 0 Å². The lowest BCUT2D eigenvalue weighted by molar-refractivity contribution is 0.0601. The Bertz CT molecular complexity index is 523. The topological polar surface area (TPSA) is 51.2 Å². The fourth-order valence-corrected chi connectivity index (χ4v) is 2.18. The van der Waals surface area contributed by atoms with Crippen molar-refractivity contribution in [1.82, 2.24) is 4.98 Å². The summed E-state index contributed by atoms with van der Waals surface area (Å²) in [5.41, 5.74) is 1.28. The molecule has 2 aromatic rings. The molecule has 0 saturated heterocycles. The summed E-state index contributed by atoms with van der Waals surface area (Å²) in [6.07, 6.45) is 0. The van der Waals surface area contributed by atoms with Crippen LogP contribution < -0.4 is 5.32 Å². The fourth-order valence-electron chi connectivity index (χ4n) is 1.49. The summed E-state index contributed by atoms with van der Waals surface area (Å²) in [7, 11) is 3.09. The van der Waals surface area contributed by atoms with Gasteiger partial charge in [-0.25, -0.2) is 9.78 Å². The molecule has 17 heavy (non-hydrogen) atoms. The molecule has 5 heteroatoms. The van der Waals surface area contributed by atoms with Crippen molar-refractivity contribution in [3.63, 3.8) is 0 Å². The highest BCUT2D eigenvalue weighted by molar-refractivity contribution is 7.13. The molecule has 2 heterocycles. The van der Waals surface area contributed by atoms with Crippen LogP contribution in [0, 0.1) is 0 Å². The minimum atomic E-state index is -0.389. The molecule has 2 aromatic heterocycles. The predicted molar refractivity (Wildman–Crippen MR) is 68.4 cm³/mol. The molecule has 0 atom stereocenters. The van der Waals surface area contributed by atoms with Crippen LogP contribution >= 0.6 is 11.3 Å². The highest BCUT2D eigenvalue weighted by atomic mass is 32.1. The highest BCUT2D eigenvalue weighted by Crippen LogP contribution is 2.25. The number of rotatable bonds is 3. The monoisotopic (exact) mass is 248 g/mol. The minimum absolute atomic E-state index is 0.389. The summed E-state index contributed by atoms with van der Waals surface area (Å²) >= 11 is 1.61. The normalized spacial score (nSPS) is 10.0. The standard InChI is InChI=1S/C12H12N2O2S/c1-13-11-8(12(15)16-2)5-6-9(14-11)10-4-3-7-17-10/h3-7H,1-2H3,(H,13,14). The molecule has 0 radical (unpaired) electrons. The number of hydrogen-bond acceptors (Lipinski definition) is 5. The van der Waals surface area contributed by atoms with Crippen LogP contribution in [0.25, 0.3) is 10.6 Å². The maximum atomic E-state index is 11.5. The molecule has 0 bridgehead atoms. The first-order chi connectivity index (χ1) is 8.26. The van der Waals surface area contributed by atoms with Gasteiger partial charge in [-0.05, 0) is 23.6 Å². The van der Waals surface area contributed by atoms with E-state index in [9.17, 15) is 4.79 Å². The fraction of sp³-hybridized carbons (Fsp3) is 0.167. The van der Waals surface area contributed by atoms with Crippen LogP contribution in [0.2, 0.25) is 0 Å². The van der Waals surface area contributed by atoms with Gasteiger partial charge in [0.25, 0.3) is 0 Å². The quantitative estimate of drug-likeness (QED) is 0.848. The second-order valence-electron chi connectivity index (χ2n) is 3.31. The minimum Gasteiger partial charge on any atom is -0.465 e. The summed E-state index contributed by atoms with van der Waals surface area (Å²) < 4.78 is 4.69. The van der Waals surface area contributed by atoms with E-state index in [1.807, 2.05) is 23.6 Å². The van der Waals surface area contributed by atoms with Crippen molar-refractivity contribution in [3.05, 3.63) is 35.2 Å². The molecule has 0 fully saturated rings. The van der Waals surface area contributed by atoms with E-state index in [2.05, 4.69) is 10.3 Å². The van der Waals surface area contributed by atoms with Gasteiger partial charge in [-0.3, -0.25) is 0 Å². The molecule has 0 aliphatic heterocycles. The predicted octanol–water partition coefficient (Wildman–Crippen LogP) is 2.64. The maximum absolute atomic E-state index is 11.5. The lowest BCUT2D eigenvalue weighted by Crippen LogP contribution is -2.07. The number of carbonyl (C=O) groups excluding carboxylic acids is 1. The van der Waals surface area contributed by atoms with Crippen LogP contribution in [-0.2, 0) is 4.74 Å². The van der Waals surface area contributed by atoms with Crippen molar-refractivity contribution in [1.29, 1.82) is 0 Å². The number of thiophene rings is 1. The second-order valence-corrected chi connectivity index (χ2v) is 4.26. The van der Waals surface area contributed by atoms with Gasteiger partial charge in [-0.15, -0.1) is 11.3 Å². The van der Waals surface area contributed by atoms with E-state index < -0.39 is 0 Å². The third-order valence-corrected chi connectivity index (χ3v) is 3.20. The van der Waals surface area contributed by atoms with Gasteiger partial charge >= 0.3 is 5.97 Å². The number of ether oxygens (including phenoxy) is 1. The zero-order valence-electron chi connectivity index (χ0n) is 9.56. The van der Waals surface area contributed by atoms with E-state index in [1.165, 1.54) is 7.11 Å². The number of aromatic nitrogens is 1. The van der Waals surface area contributed by atoms with Crippen molar-refractivity contribution in [3.8, 4) is 10.6 Å². The largest absolute Gasteiger partial charge is 0.465 e. The number of esters is 1. The third-order valence-electron chi connectivity index (χ3n) is 2.31. The molecular formula is C12H12N2O2S. The van der Waals surface area contributed by atoms with E-state index in [0.717, 1.165) is 10.6 Å². The summed E-state index contributed by atoms with van der Waals surface area (Å²) in [6, 6.07) is 7.50. The molecule has 2 rings (SSSR count). The number of methoxy groups -OCH3 is 1. The first-order valence-electron chi connectivity index (χ1n) is 5.07. The van der Waals surface area contributed by atoms with E-state index in [1.54, 1.807) is 24.5 Å². The molecular weight excluding hydrogens is 236 g/mol. The van der Waals surface area contributed by atoms with Crippen molar-refractivity contribution >= 4 is 23.1 Å². The lowest BCUT2D eigenvalue weighted by Gasteiger charge is -2.07. The zero-order valence-corrected chi connectivity index (χ0v) is 10.4. The highest BCUT2D eigenvalue weighted by Gasteiger charge is 2.13. The van der Waals surface area contributed by atoms with Crippen LogP contribution in [0.4, 0.5) is 5.82 Å². The van der Waals surface area contributed by atoms with E-state index in [0.29, 0.717) is 11.4 Å². The Morgan fingerprint density at radius 2 is 2.24 bits per heavy atom. The van der Waals surface area contributed by atoms with Crippen LogP contribution in [-0.4, -0.2) is 25.1 Å². The van der Waals surface area contributed by atoms with Crippen LogP contribution in [0.1, 0.15) is 10.4 Å². The van der Waals surface area contributed by atoms with Gasteiger partial charge in [-0.1, -0.05) is 6.07 Å². The Morgan fingerprint density at radius 1 is 1.41 bits per heavy atom. The average Bonchev–Trinajstić information content (AvgIpc) is 2.91. The van der Waals surface area contributed by atoms with Crippen LogP contribution in [0.15, 0.2) is 29.6 Å². The Balaban J connectivity index is 2.44. The van der Waals surface area contributed by atoms with Gasteiger partial charge in [0, 0.05) is 7.05 Å². The van der Waals surface area contributed by atoms with Gasteiger partial charge in [-0.2, -0.15) is 0 Å². The van der Waals surface area contributed by atoms with E-state index in [-0.39, 0.29) is 5.97 Å². The number of nitrogens with one attached hydrogen (secondary N) is 1. The summed E-state index contributed by atoms with van der Waals surface area (Å²) in [5, 5.41) is 4.90. The summed E-state index contributed by atoms with van der Waals surface area (Å²) in [5.74, 6) is 0.141. The van der Waals surface area contributed by atoms with Crippen molar-refractivity contribution < 1.29 is 9.53 Å². The average molecular weight is 248 g/mol. The zero-order chi connectivity index (χ0) is 12.3. The van der Waals surface area contributed by atoms with Gasteiger partial charge in [0.1, 0.15) is 11.4 Å². The Labute approximate surface area is 103 Å². The summed E-state index contributed by atoms with van der Waals surface area (Å²) in [6.45, 7) is 0. The van der Waals surface area contributed by atoms with Gasteiger partial charge in [0.15, 0.2) is 0 Å². The Kier molecular flexibility index (Phi) is 3.39. The Hall–Kier alpha value is -1.88. The number of nitrogens with zero attached hydrogens (tertiary/aromatic N) is 1. The molecule has 0 aliphatic rings. The SMILES string of the molecule is CNc1nc(-c2cccs2)ccc1C(=O)OC. The third kappa shape index (κ3) is 2.29. The second kappa shape index (κ2) is 4.97. The molecule has 88 valence electrons. The molecule has 0 amide bonds. The van der Waals surface area contributed by atoms with E-state index in [4.69, 9.17) is 4.74 Å². The Morgan fingerprint density at radius 3 is 2.82 bits per heavy atom. The molecule has 0 aliphatic carbocycles. The number of anilines is 1. The molecule has 4 nitrogen and oxygen atoms in total. The molecule has 0 aromatic carbocycles. The molecule has 0 saturated carbocycles. The molecule has 0 spiro atoms. The molecule has 0 unspecified atom stereocenters. The number of carbonyl (C=O) groups is 1. The first-order valence-corrected chi connectivity index (χ1v) is 5.95.